The maximum atomic E-state index is 5.68. The molecule has 0 radical (unpaired) electrons. The van der Waals surface area contributed by atoms with Crippen molar-refractivity contribution in [3.63, 3.8) is 0 Å². The number of rotatable bonds is 6. The molecule has 102 valence electrons. The number of methoxy groups -OCH3 is 1. The number of hydrogen-bond donors (Lipinski definition) is 2. The van der Waals surface area contributed by atoms with Gasteiger partial charge in [-0.2, -0.15) is 5.10 Å². The van der Waals surface area contributed by atoms with Crippen LogP contribution in [0.4, 0.5) is 0 Å². The highest BCUT2D eigenvalue weighted by molar-refractivity contribution is 5.34. The molecule has 0 spiro atoms. The average molecular weight is 262 g/mol. The first kappa shape index (κ1) is 13.4. The van der Waals surface area contributed by atoms with Crippen LogP contribution < -0.4 is 16.0 Å². The first-order chi connectivity index (χ1) is 9.31. The van der Waals surface area contributed by atoms with Crippen molar-refractivity contribution in [3.05, 3.63) is 36.2 Å². The summed E-state index contributed by atoms with van der Waals surface area (Å²) in [5.41, 5.74) is 4.51. The fraction of sp³-hybridized carbons (Fsp3) is 0.417. The van der Waals surface area contributed by atoms with Gasteiger partial charge in [-0.05, 0) is 6.42 Å². The van der Waals surface area contributed by atoms with Crippen LogP contribution in [0.1, 0.15) is 30.6 Å². The SMILES string of the molecule is CCCn1ncc(OC)c1C(NN)c1cncnc1. The number of hydrogen-bond acceptors (Lipinski definition) is 6. The summed E-state index contributed by atoms with van der Waals surface area (Å²) in [5, 5.41) is 4.33. The second kappa shape index (κ2) is 6.26. The molecule has 2 heterocycles. The molecule has 0 aliphatic carbocycles. The van der Waals surface area contributed by atoms with Gasteiger partial charge in [0.1, 0.15) is 12.0 Å². The van der Waals surface area contributed by atoms with Gasteiger partial charge in [0.15, 0.2) is 5.75 Å². The molecule has 0 aliphatic rings. The van der Waals surface area contributed by atoms with Gasteiger partial charge in [-0.1, -0.05) is 6.92 Å². The standard InChI is InChI=1S/C12H18N6O/c1-3-4-18-12(10(19-2)7-16-18)11(17-13)9-5-14-8-15-6-9/h5-8,11,17H,3-4,13H2,1-2H3. The summed E-state index contributed by atoms with van der Waals surface area (Å²) in [6.07, 6.45) is 7.59. The van der Waals surface area contributed by atoms with Gasteiger partial charge in [0, 0.05) is 24.5 Å². The zero-order valence-corrected chi connectivity index (χ0v) is 11.1. The minimum absolute atomic E-state index is 0.259. The Balaban J connectivity index is 2.45. The summed E-state index contributed by atoms with van der Waals surface area (Å²) < 4.78 is 7.24. The Morgan fingerprint density at radius 2 is 2.11 bits per heavy atom. The molecule has 0 fully saturated rings. The van der Waals surface area contributed by atoms with E-state index < -0.39 is 0 Å². The van der Waals surface area contributed by atoms with Crippen molar-refractivity contribution in [2.75, 3.05) is 7.11 Å². The highest BCUT2D eigenvalue weighted by atomic mass is 16.5. The van der Waals surface area contributed by atoms with E-state index in [-0.39, 0.29) is 6.04 Å². The van der Waals surface area contributed by atoms with Gasteiger partial charge in [-0.15, -0.1) is 0 Å². The first-order valence-electron chi connectivity index (χ1n) is 6.12. The molecule has 0 amide bonds. The minimum Gasteiger partial charge on any atom is -0.493 e. The molecule has 1 unspecified atom stereocenters. The molecule has 2 aromatic rings. The maximum Gasteiger partial charge on any atom is 0.161 e. The lowest BCUT2D eigenvalue weighted by atomic mass is 10.1. The predicted octanol–water partition coefficient (Wildman–Crippen LogP) is 0.644. The molecule has 2 aromatic heterocycles. The van der Waals surface area contributed by atoms with Gasteiger partial charge in [0.2, 0.25) is 0 Å². The molecule has 0 saturated heterocycles. The second-order valence-corrected chi connectivity index (χ2v) is 4.09. The monoisotopic (exact) mass is 262 g/mol. The molecular weight excluding hydrogens is 244 g/mol. The van der Waals surface area contributed by atoms with Gasteiger partial charge < -0.3 is 4.74 Å². The minimum atomic E-state index is -0.259. The summed E-state index contributed by atoms with van der Waals surface area (Å²) in [6, 6.07) is -0.259. The zero-order valence-electron chi connectivity index (χ0n) is 11.1. The highest BCUT2D eigenvalue weighted by Crippen LogP contribution is 2.28. The van der Waals surface area contributed by atoms with Crippen molar-refractivity contribution in [2.45, 2.75) is 25.9 Å². The summed E-state index contributed by atoms with van der Waals surface area (Å²) in [4.78, 5) is 8.03. The third-order valence-corrected chi connectivity index (χ3v) is 2.85. The highest BCUT2D eigenvalue weighted by Gasteiger charge is 2.22. The van der Waals surface area contributed by atoms with Crippen molar-refractivity contribution in [1.82, 2.24) is 25.2 Å². The lowest BCUT2D eigenvalue weighted by Crippen LogP contribution is -2.31. The maximum absolute atomic E-state index is 5.68. The average Bonchev–Trinajstić information content (AvgIpc) is 2.85. The second-order valence-electron chi connectivity index (χ2n) is 4.09. The Hall–Kier alpha value is -1.99. The number of nitrogens with one attached hydrogen (secondary N) is 1. The van der Waals surface area contributed by atoms with Gasteiger partial charge in [0.25, 0.3) is 0 Å². The lowest BCUT2D eigenvalue weighted by Gasteiger charge is -2.18. The van der Waals surface area contributed by atoms with Crippen LogP contribution in [0, 0.1) is 0 Å². The van der Waals surface area contributed by atoms with E-state index in [1.54, 1.807) is 25.7 Å². The van der Waals surface area contributed by atoms with Gasteiger partial charge in [-0.3, -0.25) is 10.5 Å². The molecule has 19 heavy (non-hydrogen) atoms. The molecule has 0 saturated carbocycles. The lowest BCUT2D eigenvalue weighted by molar-refractivity contribution is 0.398. The zero-order chi connectivity index (χ0) is 13.7. The normalized spacial score (nSPS) is 12.4. The van der Waals surface area contributed by atoms with Crippen molar-refractivity contribution in [2.24, 2.45) is 5.84 Å². The molecule has 7 nitrogen and oxygen atoms in total. The first-order valence-corrected chi connectivity index (χ1v) is 6.12. The van der Waals surface area contributed by atoms with Gasteiger partial charge >= 0.3 is 0 Å². The van der Waals surface area contributed by atoms with Gasteiger partial charge in [-0.25, -0.2) is 15.4 Å². The number of nitrogens with zero attached hydrogens (tertiary/aromatic N) is 4. The van der Waals surface area contributed by atoms with E-state index in [0.29, 0.717) is 5.75 Å². The van der Waals surface area contributed by atoms with Crippen LogP contribution in [0.2, 0.25) is 0 Å². The molecule has 1 atom stereocenters. The Bertz CT molecular complexity index is 512. The third kappa shape index (κ3) is 2.72. The number of hydrazine groups is 1. The summed E-state index contributed by atoms with van der Waals surface area (Å²) in [7, 11) is 1.62. The van der Waals surface area contributed by atoms with E-state index in [1.165, 1.54) is 6.33 Å². The van der Waals surface area contributed by atoms with E-state index in [4.69, 9.17) is 10.6 Å². The Morgan fingerprint density at radius 1 is 1.37 bits per heavy atom. The van der Waals surface area contributed by atoms with Gasteiger partial charge in [0.05, 0.1) is 19.3 Å². The summed E-state index contributed by atoms with van der Waals surface area (Å²) in [5.74, 6) is 6.38. The van der Waals surface area contributed by atoms with Crippen LogP contribution >= 0.6 is 0 Å². The molecule has 0 aliphatic heterocycles. The van der Waals surface area contributed by atoms with Crippen LogP contribution in [0.3, 0.4) is 0 Å². The predicted molar refractivity (Wildman–Crippen MR) is 70.3 cm³/mol. The number of nitrogens with two attached hydrogens (primary N) is 1. The van der Waals surface area contributed by atoms with Crippen molar-refractivity contribution >= 4 is 0 Å². The van der Waals surface area contributed by atoms with Crippen molar-refractivity contribution < 1.29 is 4.74 Å². The van der Waals surface area contributed by atoms with E-state index in [9.17, 15) is 0 Å². The summed E-state index contributed by atoms with van der Waals surface area (Å²) >= 11 is 0. The quantitative estimate of drug-likeness (QED) is 0.586. The molecule has 2 rings (SSSR count). The van der Waals surface area contributed by atoms with E-state index >= 15 is 0 Å². The molecule has 3 N–H and O–H groups in total. The van der Waals surface area contributed by atoms with E-state index in [0.717, 1.165) is 24.2 Å². The van der Waals surface area contributed by atoms with Crippen LogP contribution in [0.5, 0.6) is 5.75 Å². The Morgan fingerprint density at radius 3 is 2.68 bits per heavy atom. The third-order valence-electron chi connectivity index (χ3n) is 2.85. The Kier molecular flexibility index (Phi) is 4.43. The molecule has 0 aromatic carbocycles. The van der Waals surface area contributed by atoms with E-state index in [2.05, 4.69) is 27.4 Å². The topological polar surface area (TPSA) is 90.9 Å². The molecular formula is C12H18N6O. The smallest absolute Gasteiger partial charge is 0.161 e. The fourth-order valence-electron chi connectivity index (χ4n) is 2.01. The van der Waals surface area contributed by atoms with Crippen LogP contribution in [0.25, 0.3) is 0 Å². The largest absolute Gasteiger partial charge is 0.493 e. The number of aromatic nitrogens is 4. The van der Waals surface area contributed by atoms with Crippen molar-refractivity contribution in [3.8, 4) is 5.75 Å². The number of aryl methyl sites for hydroxylation is 1. The summed E-state index contributed by atoms with van der Waals surface area (Å²) in [6.45, 7) is 2.89. The molecule has 0 bridgehead atoms. The van der Waals surface area contributed by atoms with Crippen LogP contribution in [-0.2, 0) is 6.54 Å². The fourth-order valence-corrected chi connectivity index (χ4v) is 2.01. The molecule has 7 heteroatoms. The number of ether oxygens (including phenoxy) is 1. The Labute approximate surface area is 111 Å². The van der Waals surface area contributed by atoms with Crippen LogP contribution in [0.15, 0.2) is 24.9 Å². The van der Waals surface area contributed by atoms with Crippen LogP contribution in [-0.4, -0.2) is 26.9 Å². The van der Waals surface area contributed by atoms with E-state index in [1.807, 2.05) is 4.68 Å². The van der Waals surface area contributed by atoms with Crippen molar-refractivity contribution in [1.29, 1.82) is 0 Å².